The SMILES string of the molecule is COc1nc(NN)nc(NCc2cccc(C)n2)n1. The van der Waals surface area contributed by atoms with Gasteiger partial charge in [-0.05, 0) is 19.1 Å². The van der Waals surface area contributed by atoms with Gasteiger partial charge in [-0.2, -0.15) is 15.0 Å². The Morgan fingerprint density at radius 1 is 1.16 bits per heavy atom. The number of aromatic nitrogens is 4. The van der Waals surface area contributed by atoms with Crippen molar-refractivity contribution in [2.45, 2.75) is 13.5 Å². The minimum absolute atomic E-state index is 0.183. The van der Waals surface area contributed by atoms with E-state index < -0.39 is 0 Å². The second kappa shape index (κ2) is 5.91. The summed E-state index contributed by atoms with van der Waals surface area (Å²) in [7, 11) is 1.47. The van der Waals surface area contributed by atoms with Gasteiger partial charge in [0, 0.05) is 5.69 Å². The molecular formula is C11H15N7O. The van der Waals surface area contributed by atoms with Crippen molar-refractivity contribution in [3.05, 3.63) is 29.6 Å². The van der Waals surface area contributed by atoms with E-state index in [0.717, 1.165) is 11.4 Å². The molecule has 0 spiro atoms. The van der Waals surface area contributed by atoms with Crippen LogP contribution in [0.2, 0.25) is 0 Å². The molecule has 0 aliphatic carbocycles. The van der Waals surface area contributed by atoms with E-state index in [9.17, 15) is 0 Å². The second-order valence-electron chi connectivity index (χ2n) is 3.74. The minimum Gasteiger partial charge on any atom is -0.467 e. The first-order valence-corrected chi connectivity index (χ1v) is 5.64. The van der Waals surface area contributed by atoms with Crippen LogP contribution in [-0.4, -0.2) is 27.0 Å². The van der Waals surface area contributed by atoms with Crippen LogP contribution in [0.15, 0.2) is 18.2 Å². The smallest absolute Gasteiger partial charge is 0.322 e. The van der Waals surface area contributed by atoms with E-state index in [4.69, 9.17) is 10.6 Å². The Morgan fingerprint density at radius 2 is 1.95 bits per heavy atom. The summed E-state index contributed by atoms with van der Waals surface area (Å²) in [6, 6.07) is 5.98. The van der Waals surface area contributed by atoms with Crippen LogP contribution in [0.5, 0.6) is 6.01 Å². The lowest BCUT2D eigenvalue weighted by Crippen LogP contribution is -2.14. The summed E-state index contributed by atoms with van der Waals surface area (Å²) >= 11 is 0. The first-order chi connectivity index (χ1) is 9.21. The molecule has 2 aromatic rings. The molecule has 0 fully saturated rings. The van der Waals surface area contributed by atoms with Gasteiger partial charge in [-0.25, -0.2) is 5.84 Å². The zero-order valence-corrected chi connectivity index (χ0v) is 10.7. The number of rotatable bonds is 5. The van der Waals surface area contributed by atoms with Gasteiger partial charge in [0.25, 0.3) is 0 Å². The first-order valence-electron chi connectivity index (χ1n) is 5.64. The number of aryl methyl sites for hydroxylation is 1. The Kier molecular flexibility index (Phi) is 4.04. The molecule has 0 saturated carbocycles. The zero-order chi connectivity index (χ0) is 13.7. The van der Waals surface area contributed by atoms with Gasteiger partial charge >= 0.3 is 6.01 Å². The number of ether oxygens (including phenoxy) is 1. The highest BCUT2D eigenvalue weighted by Crippen LogP contribution is 2.10. The highest BCUT2D eigenvalue weighted by molar-refractivity contribution is 5.35. The van der Waals surface area contributed by atoms with Crippen molar-refractivity contribution >= 4 is 11.9 Å². The Morgan fingerprint density at radius 3 is 2.63 bits per heavy atom. The molecular weight excluding hydrogens is 246 g/mol. The summed E-state index contributed by atoms with van der Waals surface area (Å²) in [4.78, 5) is 16.4. The standard InChI is InChI=1S/C11H15N7O/c1-7-4-3-5-8(14-7)6-13-9-15-10(18-12)17-11(16-9)19-2/h3-5H,6,12H2,1-2H3,(H2,13,15,16,17,18). The predicted molar refractivity (Wildman–Crippen MR) is 70.5 cm³/mol. The van der Waals surface area contributed by atoms with E-state index in [1.807, 2.05) is 25.1 Å². The summed E-state index contributed by atoms with van der Waals surface area (Å²) in [5, 5.41) is 3.04. The van der Waals surface area contributed by atoms with E-state index in [1.165, 1.54) is 7.11 Å². The number of anilines is 2. The Labute approximate surface area is 110 Å². The molecule has 2 aromatic heterocycles. The van der Waals surface area contributed by atoms with Gasteiger partial charge in [-0.1, -0.05) is 6.07 Å². The normalized spacial score (nSPS) is 10.1. The fourth-order valence-corrected chi connectivity index (χ4v) is 1.46. The maximum atomic E-state index is 5.27. The molecule has 0 unspecified atom stereocenters. The van der Waals surface area contributed by atoms with Crippen molar-refractivity contribution < 1.29 is 4.74 Å². The average Bonchev–Trinajstić information content (AvgIpc) is 2.44. The van der Waals surface area contributed by atoms with Crippen LogP contribution in [0.1, 0.15) is 11.4 Å². The van der Waals surface area contributed by atoms with Crippen LogP contribution in [-0.2, 0) is 6.54 Å². The number of nitrogen functional groups attached to an aromatic ring is 1. The topological polar surface area (TPSA) is 111 Å². The van der Waals surface area contributed by atoms with Gasteiger partial charge in [0.1, 0.15) is 0 Å². The van der Waals surface area contributed by atoms with Crippen LogP contribution in [0.25, 0.3) is 0 Å². The number of nitrogens with two attached hydrogens (primary N) is 1. The van der Waals surface area contributed by atoms with Crippen molar-refractivity contribution in [3.63, 3.8) is 0 Å². The van der Waals surface area contributed by atoms with Gasteiger partial charge in [0.2, 0.25) is 11.9 Å². The van der Waals surface area contributed by atoms with Crippen molar-refractivity contribution in [3.8, 4) is 6.01 Å². The second-order valence-corrected chi connectivity index (χ2v) is 3.74. The third-order valence-corrected chi connectivity index (χ3v) is 2.30. The number of hydrogen-bond donors (Lipinski definition) is 3. The summed E-state index contributed by atoms with van der Waals surface area (Å²) in [6.45, 7) is 2.44. The summed E-state index contributed by atoms with van der Waals surface area (Å²) in [6.07, 6.45) is 0. The number of nitrogens with one attached hydrogen (secondary N) is 2. The maximum absolute atomic E-state index is 5.27. The lowest BCUT2D eigenvalue weighted by Gasteiger charge is -2.07. The van der Waals surface area contributed by atoms with Crippen molar-refractivity contribution in [1.29, 1.82) is 0 Å². The molecule has 100 valence electrons. The predicted octanol–water partition coefficient (Wildman–Crippen LogP) is 0.481. The summed E-state index contributed by atoms with van der Waals surface area (Å²) in [5.74, 6) is 5.86. The largest absolute Gasteiger partial charge is 0.467 e. The Balaban J connectivity index is 2.10. The lowest BCUT2D eigenvalue weighted by atomic mass is 10.3. The number of nitrogens with zero attached hydrogens (tertiary/aromatic N) is 4. The monoisotopic (exact) mass is 261 g/mol. The summed E-state index contributed by atoms with van der Waals surface area (Å²) in [5.41, 5.74) is 4.20. The van der Waals surface area contributed by atoms with Crippen molar-refractivity contribution in [1.82, 2.24) is 19.9 Å². The van der Waals surface area contributed by atoms with E-state index in [-0.39, 0.29) is 12.0 Å². The number of hydrogen-bond acceptors (Lipinski definition) is 8. The van der Waals surface area contributed by atoms with Gasteiger partial charge in [-0.3, -0.25) is 10.4 Å². The third-order valence-electron chi connectivity index (χ3n) is 2.30. The molecule has 8 heteroatoms. The van der Waals surface area contributed by atoms with Crippen LogP contribution < -0.4 is 21.3 Å². The lowest BCUT2D eigenvalue weighted by molar-refractivity contribution is 0.379. The van der Waals surface area contributed by atoms with E-state index in [2.05, 4.69) is 30.7 Å². The number of pyridine rings is 1. The first kappa shape index (κ1) is 13.0. The van der Waals surface area contributed by atoms with E-state index >= 15 is 0 Å². The Hall–Kier alpha value is -2.48. The molecule has 0 radical (unpaired) electrons. The molecule has 0 aliphatic heterocycles. The highest BCUT2D eigenvalue weighted by Gasteiger charge is 2.05. The van der Waals surface area contributed by atoms with E-state index in [0.29, 0.717) is 12.5 Å². The maximum Gasteiger partial charge on any atom is 0.322 e. The molecule has 0 amide bonds. The van der Waals surface area contributed by atoms with Crippen LogP contribution in [0.3, 0.4) is 0 Å². The van der Waals surface area contributed by atoms with Crippen LogP contribution in [0.4, 0.5) is 11.9 Å². The van der Waals surface area contributed by atoms with Crippen LogP contribution >= 0.6 is 0 Å². The molecule has 19 heavy (non-hydrogen) atoms. The third kappa shape index (κ3) is 3.49. The number of methoxy groups -OCH3 is 1. The van der Waals surface area contributed by atoms with Gasteiger partial charge in [-0.15, -0.1) is 0 Å². The summed E-state index contributed by atoms with van der Waals surface area (Å²) < 4.78 is 4.96. The van der Waals surface area contributed by atoms with Gasteiger partial charge < -0.3 is 10.1 Å². The van der Waals surface area contributed by atoms with Crippen LogP contribution in [0, 0.1) is 6.92 Å². The molecule has 2 rings (SSSR count). The minimum atomic E-state index is 0.183. The van der Waals surface area contributed by atoms with Gasteiger partial charge in [0.15, 0.2) is 0 Å². The van der Waals surface area contributed by atoms with Crippen molar-refractivity contribution in [2.24, 2.45) is 5.84 Å². The molecule has 8 nitrogen and oxygen atoms in total. The fraction of sp³-hybridized carbons (Fsp3) is 0.273. The molecule has 0 bridgehead atoms. The molecule has 0 saturated heterocycles. The molecule has 2 heterocycles. The quantitative estimate of drug-likeness (QED) is 0.526. The fourth-order valence-electron chi connectivity index (χ4n) is 1.46. The highest BCUT2D eigenvalue weighted by atomic mass is 16.5. The molecule has 4 N–H and O–H groups in total. The van der Waals surface area contributed by atoms with E-state index in [1.54, 1.807) is 0 Å². The molecule has 0 aromatic carbocycles. The van der Waals surface area contributed by atoms with Gasteiger partial charge in [0.05, 0.1) is 19.3 Å². The van der Waals surface area contributed by atoms with Crippen molar-refractivity contribution in [2.75, 3.05) is 17.9 Å². The average molecular weight is 261 g/mol. The molecule has 0 aliphatic rings. The zero-order valence-electron chi connectivity index (χ0n) is 10.7. The number of hydrazine groups is 1. The molecule has 0 atom stereocenters. The Bertz CT molecular complexity index is 538.